The van der Waals surface area contributed by atoms with Gasteiger partial charge in [-0.3, -0.25) is 4.57 Å². The van der Waals surface area contributed by atoms with E-state index in [9.17, 15) is 13.2 Å². The van der Waals surface area contributed by atoms with Gasteiger partial charge in [0.25, 0.3) is 0 Å². The topological polar surface area (TPSA) is 42.7 Å². The molecule has 27 heavy (non-hydrogen) atoms. The summed E-state index contributed by atoms with van der Waals surface area (Å²) < 4.78 is 41.9. The van der Waals surface area contributed by atoms with E-state index in [1.165, 1.54) is 24.5 Å². The number of nitrogens with zero attached hydrogens (tertiary/aromatic N) is 3. The lowest BCUT2D eigenvalue weighted by Gasteiger charge is -2.09. The number of anilines is 2. The van der Waals surface area contributed by atoms with E-state index in [2.05, 4.69) is 15.3 Å². The van der Waals surface area contributed by atoms with Gasteiger partial charge in [-0.05, 0) is 55.8 Å². The second kappa shape index (κ2) is 6.42. The molecule has 0 saturated heterocycles. The van der Waals surface area contributed by atoms with Crippen molar-refractivity contribution >= 4 is 22.5 Å². The Morgan fingerprint density at radius 2 is 1.63 bits per heavy atom. The predicted molar refractivity (Wildman–Crippen MR) is 97.9 cm³/mol. The summed E-state index contributed by atoms with van der Waals surface area (Å²) in [4.78, 5) is 8.65. The standard InChI is InChI=1S/C20H15F3N4/c1-11-12(2)27(15-6-3-13(21)4-7-15)20-18(11)19(24-10-25-20)26-14-5-8-16(22)17(23)9-14/h3-10H,1-2H3,(H,24,25,26). The van der Waals surface area contributed by atoms with Crippen LogP contribution >= 0.6 is 0 Å². The van der Waals surface area contributed by atoms with E-state index in [4.69, 9.17) is 0 Å². The van der Waals surface area contributed by atoms with Gasteiger partial charge in [0.15, 0.2) is 17.3 Å². The maximum atomic E-state index is 13.5. The lowest BCUT2D eigenvalue weighted by atomic mass is 10.2. The predicted octanol–water partition coefficient (Wildman–Crippen LogP) is 5.20. The molecule has 0 spiro atoms. The third kappa shape index (κ3) is 2.91. The van der Waals surface area contributed by atoms with Gasteiger partial charge in [0.2, 0.25) is 0 Å². The Hall–Kier alpha value is -3.35. The average molecular weight is 368 g/mol. The minimum atomic E-state index is -0.943. The number of rotatable bonds is 3. The molecule has 4 nitrogen and oxygen atoms in total. The second-order valence-corrected chi connectivity index (χ2v) is 6.20. The smallest absolute Gasteiger partial charge is 0.160 e. The van der Waals surface area contributed by atoms with Crippen molar-refractivity contribution in [1.29, 1.82) is 0 Å². The molecule has 0 aliphatic carbocycles. The molecule has 0 aliphatic rings. The first-order chi connectivity index (χ1) is 13.0. The summed E-state index contributed by atoms with van der Waals surface area (Å²) in [6.45, 7) is 3.86. The van der Waals surface area contributed by atoms with Crippen LogP contribution in [0.4, 0.5) is 24.7 Å². The Balaban J connectivity index is 1.87. The van der Waals surface area contributed by atoms with Crippen molar-refractivity contribution < 1.29 is 13.2 Å². The van der Waals surface area contributed by atoms with Crippen molar-refractivity contribution in [2.75, 3.05) is 5.32 Å². The van der Waals surface area contributed by atoms with Crippen LogP contribution < -0.4 is 5.32 Å². The number of hydrogen-bond donors (Lipinski definition) is 1. The molecule has 1 N–H and O–H groups in total. The van der Waals surface area contributed by atoms with Crippen molar-refractivity contribution in [2.45, 2.75) is 13.8 Å². The first-order valence-electron chi connectivity index (χ1n) is 8.26. The molecule has 2 heterocycles. The number of halogens is 3. The van der Waals surface area contributed by atoms with Gasteiger partial charge >= 0.3 is 0 Å². The molecular formula is C20H15F3N4. The molecule has 136 valence electrons. The summed E-state index contributed by atoms with van der Waals surface area (Å²) in [6, 6.07) is 9.68. The molecule has 2 aromatic heterocycles. The van der Waals surface area contributed by atoms with E-state index in [-0.39, 0.29) is 5.82 Å². The molecule has 0 bridgehead atoms. The van der Waals surface area contributed by atoms with E-state index in [1.54, 1.807) is 12.1 Å². The van der Waals surface area contributed by atoms with Gasteiger partial charge in [0.1, 0.15) is 18.0 Å². The summed E-state index contributed by atoms with van der Waals surface area (Å²) in [5.41, 5.74) is 3.63. The monoisotopic (exact) mass is 368 g/mol. The van der Waals surface area contributed by atoms with Crippen LogP contribution in [0.15, 0.2) is 48.8 Å². The van der Waals surface area contributed by atoms with E-state index in [1.807, 2.05) is 18.4 Å². The molecule has 0 fully saturated rings. The molecule has 0 amide bonds. The zero-order chi connectivity index (χ0) is 19.1. The van der Waals surface area contributed by atoms with Gasteiger partial charge in [-0.2, -0.15) is 0 Å². The van der Waals surface area contributed by atoms with E-state index >= 15 is 0 Å². The minimum Gasteiger partial charge on any atom is -0.339 e. The lowest BCUT2D eigenvalue weighted by molar-refractivity contribution is 0.509. The molecule has 0 radical (unpaired) electrons. The Labute approximate surface area is 153 Å². The molecule has 0 saturated carbocycles. The van der Waals surface area contributed by atoms with Crippen LogP contribution in [0.2, 0.25) is 0 Å². The molecule has 2 aromatic carbocycles. The number of hydrogen-bond acceptors (Lipinski definition) is 3. The first kappa shape index (κ1) is 17.1. The van der Waals surface area contributed by atoms with Crippen molar-refractivity contribution in [1.82, 2.24) is 14.5 Å². The maximum Gasteiger partial charge on any atom is 0.160 e. The highest BCUT2D eigenvalue weighted by atomic mass is 19.2. The second-order valence-electron chi connectivity index (χ2n) is 6.20. The van der Waals surface area contributed by atoms with Crippen molar-refractivity contribution in [2.24, 2.45) is 0 Å². The van der Waals surface area contributed by atoms with Crippen LogP contribution in [-0.2, 0) is 0 Å². The van der Waals surface area contributed by atoms with Gasteiger partial charge in [0, 0.05) is 23.1 Å². The Morgan fingerprint density at radius 1 is 0.889 bits per heavy atom. The molecule has 0 unspecified atom stereocenters. The van der Waals surface area contributed by atoms with E-state index < -0.39 is 11.6 Å². The molecule has 4 rings (SSSR count). The highest BCUT2D eigenvalue weighted by Gasteiger charge is 2.18. The number of aromatic nitrogens is 3. The van der Waals surface area contributed by atoms with Gasteiger partial charge in [0.05, 0.1) is 5.39 Å². The fraction of sp³-hybridized carbons (Fsp3) is 0.100. The van der Waals surface area contributed by atoms with Gasteiger partial charge in [-0.15, -0.1) is 0 Å². The summed E-state index contributed by atoms with van der Waals surface area (Å²) in [5.74, 6) is -1.70. The summed E-state index contributed by atoms with van der Waals surface area (Å²) >= 11 is 0. The third-order valence-corrected chi connectivity index (χ3v) is 4.56. The Kier molecular flexibility index (Phi) is 4.07. The molecule has 0 aliphatic heterocycles. The Bertz CT molecular complexity index is 1150. The van der Waals surface area contributed by atoms with Crippen molar-refractivity contribution in [3.63, 3.8) is 0 Å². The largest absolute Gasteiger partial charge is 0.339 e. The van der Waals surface area contributed by atoms with Gasteiger partial charge in [-0.25, -0.2) is 23.1 Å². The zero-order valence-corrected chi connectivity index (χ0v) is 14.6. The number of nitrogens with one attached hydrogen (secondary N) is 1. The molecule has 0 atom stereocenters. The number of benzene rings is 2. The van der Waals surface area contributed by atoms with E-state index in [0.717, 1.165) is 34.5 Å². The summed E-state index contributed by atoms with van der Waals surface area (Å²) in [7, 11) is 0. The van der Waals surface area contributed by atoms with E-state index in [0.29, 0.717) is 17.2 Å². The van der Waals surface area contributed by atoms with Crippen LogP contribution in [0.3, 0.4) is 0 Å². The lowest BCUT2D eigenvalue weighted by Crippen LogP contribution is -2.00. The summed E-state index contributed by atoms with van der Waals surface area (Å²) in [6.07, 6.45) is 1.39. The van der Waals surface area contributed by atoms with Crippen molar-refractivity contribution in [3.8, 4) is 5.69 Å². The van der Waals surface area contributed by atoms with Gasteiger partial charge < -0.3 is 5.32 Å². The van der Waals surface area contributed by atoms with Crippen LogP contribution in [0, 0.1) is 31.3 Å². The van der Waals surface area contributed by atoms with Crippen LogP contribution in [-0.4, -0.2) is 14.5 Å². The number of aryl methyl sites for hydroxylation is 1. The molecular weight excluding hydrogens is 353 g/mol. The molecule has 7 heteroatoms. The average Bonchev–Trinajstić information content (AvgIpc) is 2.91. The van der Waals surface area contributed by atoms with Crippen LogP contribution in [0.25, 0.3) is 16.7 Å². The van der Waals surface area contributed by atoms with Crippen LogP contribution in [0.5, 0.6) is 0 Å². The normalized spacial score (nSPS) is 11.1. The van der Waals surface area contributed by atoms with Gasteiger partial charge in [-0.1, -0.05) is 0 Å². The molecule has 4 aromatic rings. The first-order valence-corrected chi connectivity index (χ1v) is 8.26. The highest BCUT2D eigenvalue weighted by Crippen LogP contribution is 2.32. The quantitative estimate of drug-likeness (QED) is 0.541. The fourth-order valence-electron chi connectivity index (χ4n) is 3.11. The SMILES string of the molecule is Cc1c(C)n(-c2ccc(F)cc2)c2ncnc(Nc3ccc(F)c(F)c3)c12. The maximum absolute atomic E-state index is 13.5. The zero-order valence-electron chi connectivity index (χ0n) is 14.6. The summed E-state index contributed by atoms with van der Waals surface area (Å²) in [5, 5.41) is 3.78. The van der Waals surface area contributed by atoms with Crippen molar-refractivity contribution in [3.05, 3.63) is 77.5 Å². The van der Waals surface area contributed by atoms with Crippen LogP contribution in [0.1, 0.15) is 11.3 Å². The number of fused-ring (bicyclic) bond motifs is 1. The third-order valence-electron chi connectivity index (χ3n) is 4.56. The minimum absolute atomic E-state index is 0.320. The fourth-order valence-corrected chi connectivity index (χ4v) is 3.11. The highest BCUT2D eigenvalue weighted by molar-refractivity contribution is 5.94. The Morgan fingerprint density at radius 3 is 2.33 bits per heavy atom.